The Balaban J connectivity index is 1.34. The summed E-state index contributed by atoms with van der Waals surface area (Å²) in [7, 11) is 3.03. The molecule has 1 aliphatic rings. The molecule has 0 aliphatic carbocycles. The number of carbonyl (C=O) groups is 5. The summed E-state index contributed by atoms with van der Waals surface area (Å²) in [6.07, 6.45) is 1.94. The first kappa shape index (κ1) is 43.3. The van der Waals surface area contributed by atoms with Crippen LogP contribution in [0.5, 0.6) is 11.5 Å². The van der Waals surface area contributed by atoms with Gasteiger partial charge in [-0.1, -0.05) is 37.3 Å². The number of nitrogens with zero attached hydrogens (tertiary/aromatic N) is 1. The summed E-state index contributed by atoms with van der Waals surface area (Å²) in [5, 5.41) is 8.38. The molecular weight excluding hydrogens is 781 g/mol. The van der Waals surface area contributed by atoms with Gasteiger partial charge < -0.3 is 39.8 Å². The Labute approximate surface area is 346 Å². The Morgan fingerprint density at radius 1 is 0.914 bits per heavy atom. The Morgan fingerprint density at radius 3 is 2.33 bits per heavy atom. The average molecular weight is 829 g/mol. The van der Waals surface area contributed by atoms with Gasteiger partial charge in [0.25, 0.3) is 11.8 Å². The number of ether oxygens (including phenoxy) is 4. The molecule has 4 amide bonds. The van der Waals surface area contributed by atoms with Gasteiger partial charge in [0.05, 0.1) is 38.2 Å². The number of fused-ring (bicyclic) bond motifs is 1. The van der Waals surface area contributed by atoms with E-state index in [-0.39, 0.29) is 24.8 Å². The van der Waals surface area contributed by atoms with Gasteiger partial charge in [-0.05, 0) is 100 Å². The highest BCUT2D eigenvalue weighted by molar-refractivity contribution is 8.00. The van der Waals surface area contributed by atoms with Gasteiger partial charge in [0.15, 0.2) is 11.5 Å². The van der Waals surface area contributed by atoms with Gasteiger partial charge in [-0.25, -0.2) is 9.59 Å². The molecule has 0 spiro atoms. The molecule has 1 unspecified atom stereocenters. The molecule has 4 aromatic rings. The molecule has 0 bridgehead atoms. The zero-order chi connectivity index (χ0) is 42.0. The maximum absolute atomic E-state index is 13.9. The number of amides is 4. The summed E-state index contributed by atoms with van der Waals surface area (Å²) in [6, 6.07) is 20.7. The number of hydrogen-bond donors (Lipinski definition) is 3. The third-order valence-electron chi connectivity index (χ3n) is 8.71. The van der Waals surface area contributed by atoms with Crippen LogP contribution in [0.1, 0.15) is 77.8 Å². The second-order valence-corrected chi connectivity index (χ2v) is 16.4. The van der Waals surface area contributed by atoms with Crippen molar-refractivity contribution in [3.63, 3.8) is 0 Å². The van der Waals surface area contributed by atoms with E-state index < -0.39 is 34.7 Å². The van der Waals surface area contributed by atoms with Crippen LogP contribution in [0.25, 0.3) is 6.08 Å². The fraction of sp³-hybridized carbons (Fsp3) is 0.326. The Morgan fingerprint density at radius 2 is 1.66 bits per heavy atom. The molecule has 0 radical (unpaired) electrons. The minimum atomic E-state index is -0.660. The van der Waals surface area contributed by atoms with Crippen LogP contribution in [-0.2, 0) is 32.0 Å². The van der Waals surface area contributed by atoms with E-state index in [1.807, 2.05) is 13.0 Å². The van der Waals surface area contributed by atoms with Crippen molar-refractivity contribution in [3.05, 3.63) is 106 Å². The van der Waals surface area contributed by atoms with E-state index >= 15 is 0 Å². The van der Waals surface area contributed by atoms with Crippen molar-refractivity contribution in [2.24, 2.45) is 0 Å². The summed E-state index contributed by atoms with van der Waals surface area (Å²) in [5.74, 6) is -0.951. The third kappa shape index (κ3) is 11.2. The van der Waals surface area contributed by atoms with Crippen LogP contribution in [0, 0.1) is 0 Å². The quantitative estimate of drug-likeness (QED) is 0.0643. The Kier molecular flexibility index (Phi) is 14.6. The lowest BCUT2D eigenvalue weighted by Crippen LogP contribution is -2.39. The largest absolute Gasteiger partial charge is 0.493 e. The molecule has 3 N–H and O–H groups in total. The van der Waals surface area contributed by atoms with Crippen molar-refractivity contribution in [1.29, 1.82) is 0 Å². The lowest BCUT2D eigenvalue weighted by atomic mass is 10.0. The van der Waals surface area contributed by atoms with E-state index in [0.29, 0.717) is 63.2 Å². The van der Waals surface area contributed by atoms with Gasteiger partial charge in [0.2, 0.25) is 5.91 Å². The lowest BCUT2D eigenvalue weighted by molar-refractivity contribution is -0.116. The first-order valence-electron chi connectivity index (χ1n) is 18.7. The van der Waals surface area contributed by atoms with E-state index in [1.54, 1.807) is 99.3 Å². The molecule has 13 nitrogen and oxygen atoms in total. The van der Waals surface area contributed by atoms with Crippen LogP contribution in [-0.4, -0.2) is 72.9 Å². The monoisotopic (exact) mass is 828 g/mol. The van der Waals surface area contributed by atoms with Crippen LogP contribution in [0.3, 0.4) is 0 Å². The topological polar surface area (TPSA) is 162 Å². The van der Waals surface area contributed by atoms with Crippen LogP contribution in [0.2, 0.25) is 0 Å². The predicted molar refractivity (Wildman–Crippen MR) is 226 cm³/mol. The summed E-state index contributed by atoms with van der Waals surface area (Å²) in [6.45, 7) is 9.76. The SMILES string of the molecule is CCOC(=O)c1c(NC(=O)C(CC)Sc2cccc(NC(=O)/C(=C\c3ccc(OC)c(OC)c3)NC(=O)c3ccccc3)c2)sc2c1CCN(C(=O)OC(C)(C)C)C2. The van der Waals surface area contributed by atoms with Crippen molar-refractivity contribution in [1.82, 2.24) is 10.2 Å². The van der Waals surface area contributed by atoms with Crippen molar-refractivity contribution in [3.8, 4) is 11.5 Å². The zero-order valence-electron chi connectivity index (χ0n) is 33.6. The molecule has 0 saturated heterocycles. The highest BCUT2D eigenvalue weighted by Gasteiger charge is 2.33. The molecule has 0 saturated carbocycles. The molecular formula is C43H48N4O9S2. The maximum atomic E-state index is 13.9. The smallest absolute Gasteiger partial charge is 0.410 e. The predicted octanol–water partition coefficient (Wildman–Crippen LogP) is 8.15. The second kappa shape index (κ2) is 19.6. The lowest BCUT2D eigenvalue weighted by Gasteiger charge is -2.30. The second-order valence-electron chi connectivity index (χ2n) is 14.1. The summed E-state index contributed by atoms with van der Waals surface area (Å²) in [5.41, 5.74) is 1.76. The number of esters is 1. The molecule has 0 fully saturated rings. The minimum Gasteiger partial charge on any atom is -0.493 e. The molecule has 1 atom stereocenters. The molecule has 15 heteroatoms. The van der Waals surface area contributed by atoms with Gasteiger partial charge in [-0.3, -0.25) is 14.4 Å². The van der Waals surface area contributed by atoms with E-state index in [1.165, 1.54) is 43.4 Å². The maximum Gasteiger partial charge on any atom is 0.410 e. The third-order valence-corrected chi connectivity index (χ3v) is 11.2. The van der Waals surface area contributed by atoms with Gasteiger partial charge in [0, 0.05) is 27.6 Å². The number of thiophene rings is 1. The van der Waals surface area contributed by atoms with Crippen LogP contribution in [0.15, 0.2) is 83.4 Å². The van der Waals surface area contributed by atoms with E-state index in [4.69, 9.17) is 18.9 Å². The number of methoxy groups -OCH3 is 2. The minimum absolute atomic E-state index is 0.0183. The van der Waals surface area contributed by atoms with Gasteiger partial charge in [0.1, 0.15) is 16.3 Å². The molecule has 5 rings (SSSR count). The highest BCUT2D eigenvalue weighted by Crippen LogP contribution is 2.39. The van der Waals surface area contributed by atoms with E-state index in [0.717, 1.165) is 10.4 Å². The fourth-order valence-electron chi connectivity index (χ4n) is 5.97. The number of rotatable bonds is 14. The number of anilines is 2. The molecule has 306 valence electrons. The van der Waals surface area contributed by atoms with E-state index in [2.05, 4.69) is 16.0 Å². The number of thioether (sulfide) groups is 1. The molecule has 1 aromatic heterocycles. The Hall–Kier alpha value is -5.80. The van der Waals surface area contributed by atoms with Crippen LogP contribution in [0.4, 0.5) is 15.5 Å². The number of nitrogens with one attached hydrogen (secondary N) is 3. The number of hydrogen-bond acceptors (Lipinski definition) is 11. The summed E-state index contributed by atoms with van der Waals surface area (Å²) < 4.78 is 21.7. The molecule has 3 aromatic carbocycles. The standard InChI is InChI=1S/C43H48N4O9S2/c1-8-34(39(50)46-40-36(41(51)55-9-2)30-20-21-47(25-35(30)58-40)42(52)56-43(3,4)5)57-29-17-13-16-28(24-29)44-38(49)31(45-37(48)27-14-11-10-12-15-27)22-26-18-19-32(53-6)33(23-26)54-7/h10-19,22-24,34H,8-9,20-21,25H2,1-7H3,(H,44,49)(H,45,48)(H,46,50)/b31-22+. The van der Waals surface area contributed by atoms with Crippen LogP contribution < -0.4 is 25.4 Å². The molecule has 2 heterocycles. The molecule has 1 aliphatic heterocycles. The van der Waals surface area contributed by atoms with Crippen molar-refractivity contribution < 1.29 is 42.9 Å². The average Bonchev–Trinajstić information content (AvgIpc) is 3.56. The first-order valence-corrected chi connectivity index (χ1v) is 20.4. The van der Waals surface area contributed by atoms with Gasteiger partial charge >= 0.3 is 12.1 Å². The molecule has 58 heavy (non-hydrogen) atoms. The number of benzene rings is 3. The van der Waals surface area contributed by atoms with Gasteiger partial charge in [-0.2, -0.15) is 0 Å². The van der Waals surface area contributed by atoms with Crippen molar-refractivity contribution in [2.75, 3.05) is 38.0 Å². The zero-order valence-corrected chi connectivity index (χ0v) is 35.2. The van der Waals surface area contributed by atoms with Gasteiger partial charge in [-0.15, -0.1) is 23.1 Å². The fourth-order valence-corrected chi connectivity index (χ4v) is 8.24. The highest BCUT2D eigenvalue weighted by atomic mass is 32.2. The van der Waals surface area contributed by atoms with Crippen molar-refractivity contribution >= 4 is 69.6 Å². The normalized spacial score (nSPS) is 13.1. The van der Waals surface area contributed by atoms with Crippen LogP contribution >= 0.6 is 23.1 Å². The number of carbonyl (C=O) groups excluding carboxylic acids is 5. The van der Waals surface area contributed by atoms with E-state index in [9.17, 15) is 24.0 Å². The Bertz CT molecular complexity index is 2180. The summed E-state index contributed by atoms with van der Waals surface area (Å²) >= 11 is 2.55. The summed E-state index contributed by atoms with van der Waals surface area (Å²) in [4.78, 5) is 70.0. The van der Waals surface area contributed by atoms with Crippen molar-refractivity contribution in [2.45, 2.75) is 69.8 Å². The first-order chi connectivity index (χ1) is 27.7.